The summed E-state index contributed by atoms with van der Waals surface area (Å²) in [4.78, 5) is 12.4. The van der Waals surface area contributed by atoms with E-state index in [1.54, 1.807) is 0 Å². The first-order valence-corrected chi connectivity index (χ1v) is 8.40. The molecular weight excluding hydrogens is 302 g/mol. The molecule has 0 saturated carbocycles. The molecule has 1 amide bonds. The van der Waals surface area contributed by atoms with Crippen LogP contribution in [0.3, 0.4) is 0 Å². The summed E-state index contributed by atoms with van der Waals surface area (Å²) in [5, 5.41) is 2.96. The number of benzene rings is 2. The van der Waals surface area contributed by atoms with Gasteiger partial charge in [0.1, 0.15) is 12.4 Å². The molecule has 1 saturated heterocycles. The van der Waals surface area contributed by atoms with E-state index in [2.05, 4.69) is 5.32 Å². The fraction of sp³-hybridized carbons (Fsp3) is 0.350. The number of ether oxygens (including phenoxy) is 2. The minimum atomic E-state index is -0.0440. The van der Waals surface area contributed by atoms with Gasteiger partial charge in [0.05, 0.1) is 18.2 Å². The predicted molar refractivity (Wildman–Crippen MR) is 94.4 cm³/mol. The third-order valence-corrected chi connectivity index (χ3v) is 4.22. The van der Waals surface area contributed by atoms with E-state index in [0.29, 0.717) is 24.5 Å². The molecule has 0 radical (unpaired) electrons. The zero-order valence-corrected chi connectivity index (χ0v) is 14.0. The molecule has 2 aromatic carbocycles. The minimum Gasteiger partial charge on any atom is -0.489 e. The average Bonchev–Trinajstić information content (AvgIpc) is 3.10. The molecule has 4 nitrogen and oxygen atoms in total. The summed E-state index contributed by atoms with van der Waals surface area (Å²) in [6, 6.07) is 15.5. The van der Waals surface area contributed by atoms with Gasteiger partial charge in [-0.15, -0.1) is 0 Å². The fourth-order valence-corrected chi connectivity index (χ4v) is 2.83. The third kappa shape index (κ3) is 4.36. The molecular formula is C20H23NO3. The maximum Gasteiger partial charge on any atom is 0.228 e. The van der Waals surface area contributed by atoms with Crippen molar-refractivity contribution in [3.8, 4) is 5.75 Å². The van der Waals surface area contributed by atoms with Gasteiger partial charge >= 0.3 is 0 Å². The topological polar surface area (TPSA) is 47.6 Å². The van der Waals surface area contributed by atoms with Crippen LogP contribution in [0.4, 0.5) is 5.69 Å². The Kier molecular flexibility index (Phi) is 5.49. The maximum atomic E-state index is 12.4. The molecule has 0 aliphatic carbocycles. The van der Waals surface area contributed by atoms with E-state index in [0.717, 1.165) is 30.6 Å². The summed E-state index contributed by atoms with van der Waals surface area (Å²) < 4.78 is 11.4. The predicted octanol–water partition coefficient (Wildman–Crippen LogP) is 3.73. The monoisotopic (exact) mass is 325 g/mol. The normalized spacial score (nSPS) is 16.8. The first-order chi connectivity index (χ1) is 11.7. The molecule has 3 rings (SSSR count). The second-order valence-electron chi connectivity index (χ2n) is 6.09. The number of hydrogen-bond donors (Lipinski definition) is 1. The van der Waals surface area contributed by atoms with E-state index >= 15 is 0 Å². The van der Waals surface area contributed by atoms with Gasteiger partial charge in [-0.05, 0) is 43.0 Å². The van der Waals surface area contributed by atoms with Crippen LogP contribution in [0.5, 0.6) is 5.75 Å². The van der Waals surface area contributed by atoms with Crippen molar-refractivity contribution in [3.63, 3.8) is 0 Å². The number of hydrogen-bond acceptors (Lipinski definition) is 3. The molecule has 1 atom stereocenters. The van der Waals surface area contributed by atoms with E-state index < -0.39 is 0 Å². The van der Waals surface area contributed by atoms with Crippen LogP contribution in [0.15, 0.2) is 48.5 Å². The Labute approximate surface area is 142 Å². The summed E-state index contributed by atoms with van der Waals surface area (Å²) in [6.45, 7) is 3.34. The quantitative estimate of drug-likeness (QED) is 0.880. The lowest BCUT2D eigenvalue weighted by atomic mass is 10.1. The summed E-state index contributed by atoms with van der Waals surface area (Å²) >= 11 is 0. The largest absolute Gasteiger partial charge is 0.489 e. The standard InChI is InChI=1S/C20H23NO3/c1-15-7-2-3-8-16(15)13-20(22)21-18-10-4-5-11-19(18)24-14-17-9-6-12-23-17/h2-5,7-8,10-11,17H,6,9,12-14H2,1H3,(H,21,22)/t17-/m0/s1. The Bertz CT molecular complexity index is 693. The van der Waals surface area contributed by atoms with Crippen molar-refractivity contribution in [2.24, 2.45) is 0 Å². The van der Waals surface area contributed by atoms with E-state index in [4.69, 9.17) is 9.47 Å². The molecule has 126 valence electrons. The van der Waals surface area contributed by atoms with Crippen LogP contribution in [0.2, 0.25) is 0 Å². The van der Waals surface area contributed by atoms with Gasteiger partial charge in [-0.2, -0.15) is 0 Å². The van der Waals surface area contributed by atoms with Gasteiger partial charge in [0.25, 0.3) is 0 Å². The lowest BCUT2D eigenvalue weighted by Gasteiger charge is -2.15. The van der Waals surface area contributed by atoms with Crippen LogP contribution in [0, 0.1) is 6.92 Å². The SMILES string of the molecule is Cc1ccccc1CC(=O)Nc1ccccc1OC[C@@H]1CCCO1. The molecule has 1 N–H and O–H groups in total. The molecule has 0 bridgehead atoms. The molecule has 4 heteroatoms. The Morgan fingerprint density at radius 1 is 1.21 bits per heavy atom. The van der Waals surface area contributed by atoms with Gasteiger partial charge in [0, 0.05) is 6.61 Å². The lowest BCUT2D eigenvalue weighted by molar-refractivity contribution is -0.115. The highest BCUT2D eigenvalue weighted by Gasteiger charge is 2.17. The van der Waals surface area contributed by atoms with Gasteiger partial charge in [-0.3, -0.25) is 4.79 Å². The van der Waals surface area contributed by atoms with Crippen LogP contribution < -0.4 is 10.1 Å². The van der Waals surface area contributed by atoms with Crippen molar-refractivity contribution >= 4 is 11.6 Å². The highest BCUT2D eigenvalue weighted by molar-refractivity contribution is 5.93. The van der Waals surface area contributed by atoms with E-state index in [1.807, 2.05) is 55.5 Å². The average molecular weight is 325 g/mol. The van der Waals surface area contributed by atoms with Crippen LogP contribution in [0.1, 0.15) is 24.0 Å². The van der Waals surface area contributed by atoms with Gasteiger partial charge in [-0.25, -0.2) is 0 Å². The maximum absolute atomic E-state index is 12.4. The third-order valence-electron chi connectivity index (χ3n) is 4.22. The Balaban J connectivity index is 1.61. The van der Waals surface area contributed by atoms with E-state index in [-0.39, 0.29) is 12.0 Å². The Morgan fingerprint density at radius 3 is 2.79 bits per heavy atom. The first-order valence-electron chi connectivity index (χ1n) is 8.40. The number of aryl methyl sites for hydroxylation is 1. The van der Waals surface area contributed by atoms with Crippen LogP contribution >= 0.6 is 0 Å². The first kappa shape index (κ1) is 16.5. The van der Waals surface area contributed by atoms with Gasteiger partial charge in [0.15, 0.2) is 0 Å². The molecule has 1 fully saturated rings. The summed E-state index contributed by atoms with van der Waals surface area (Å²) in [6.07, 6.45) is 2.62. The number of amides is 1. The van der Waals surface area contributed by atoms with Crippen molar-refractivity contribution in [3.05, 3.63) is 59.7 Å². The zero-order chi connectivity index (χ0) is 16.8. The second-order valence-corrected chi connectivity index (χ2v) is 6.09. The van der Waals surface area contributed by atoms with Crippen molar-refractivity contribution < 1.29 is 14.3 Å². The molecule has 1 aliphatic heterocycles. The molecule has 0 spiro atoms. The number of anilines is 1. The Hall–Kier alpha value is -2.33. The van der Waals surface area contributed by atoms with Crippen LogP contribution in [0.25, 0.3) is 0 Å². The number of para-hydroxylation sites is 2. The molecule has 1 heterocycles. The van der Waals surface area contributed by atoms with Crippen molar-refractivity contribution in [2.45, 2.75) is 32.3 Å². The van der Waals surface area contributed by atoms with E-state index in [1.165, 1.54) is 0 Å². The molecule has 1 aliphatic rings. The van der Waals surface area contributed by atoms with Crippen LogP contribution in [-0.4, -0.2) is 25.2 Å². The van der Waals surface area contributed by atoms with Crippen molar-refractivity contribution in [2.75, 3.05) is 18.5 Å². The van der Waals surface area contributed by atoms with E-state index in [9.17, 15) is 4.79 Å². The fourth-order valence-electron chi connectivity index (χ4n) is 2.83. The minimum absolute atomic E-state index is 0.0440. The lowest BCUT2D eigenvalue weighted by Crippen LogP contribution is -2.19. The number of nitrogens with one attached hydrogen (secondary N) is 1. The zero-order valence-electron chi connectivity index (χ0n) is 14.0. The van der Waals surface area contributed by atoms with Gasteiger partial charge < -0.3 is 14.8 Å². The van der Waals surface area contributed by atoms with Gasteiger partial charge in [-0.1, -0.05) is 36.4 Å². The number of rotatable bonds is 6. The highest BCUT2D eigenvalue weighted by Crippen LogP contribution is 2.25. The van der Waals surface area contributed by atoms with Crippen LogP contribution in [-0.2, 0) is 16.0 Å². The summed E-state index contributed by atoms with van der Waals surface area (Å²) in [5.74, 6) is 0.642. The van der Waals surface area contributed by atoms with Crippen molar-refractivity contribution in [1.82, 2.24) is 0 Å². The number of carbonyl (C=O) groups excluding carboxylic acids is 1. The second kappa shape index (κ2) is 7.97. The molecule has 0 aromatic heterocycles. The summed E-state index contributed by atoms with van der Waals surface area (Å²) in [5.41, 5.74) is 2.86. The molecule has 24 heavy (non-hydrogen) atoms. The summed E-state index contributed by atoms with van der Waals surface area (Å²) in [7, 11) is 0. The smallest absolute Gasteiger partial charge is 0.228 e. The van der Waals surface area contributed by atoms with Crippen molar-refractivity contribution in [1.29, 1.82) is 0 Å². The molecule has 0 unspecified atom stereocenters. The molecule has 2 aromatic rings. The number of carbonyl (C=O) groups is 1. The Morgan fingerprint density at radius 2 is 2.00 bits per heavy atom. The van der Waals surface area contributed by atoms with Gasteiger partial charge in [0.2, 0.25) is 5.91 Å². The highest BCUT2D eigenvalue weighted by atomic mass is 16.5.